The van der Waals surface area contributed by atoms with E-state index in [9.17, 15) is 4.79 Å². The molecule has 1 amide bonds. The van der Waals surface area contributed by atoms with E-state index in [0.29, 0.717) is 28.6 Å². The van der Waals surface area contributed by atoms with Gasteiger partial charge < -0.3 is 15.0 Å². The maximum absolute atomic E-state index is 12.6. The number of nitrogens with zero attached hydrogens (tertiary/aromatic N) is 2. The second kappa shape index (κ2) is 12.4. The van der Waals surface area contributed by atoms with E-state index in [-0.39, 0.29) is 11.0 Å². The zero-order valence-corrected chi connectivity index (χ0v) is 22.3. The Kier molecular flexibility index (Phi) is 9.04. The lowest BCUT2D eigenvalue weighted by Gasteiger charge is -2.36. The first-order chi connectivity index (χ1) is 17.4. The van der Waals surface area contributed by atoms with E-state index in [1.54, 1.807) is 24.3 Å². The van der Waals surface area contributed by atoms with Crippen molar-refractivity contribution in [1.82, 2.24) is 10.2 Å². The van der Waals surface area contributed by atoms with Crippen molar-refractivity contribution in [3.05, 3.63) is 87.9 Å². The molecule has 3 aromatic carbocycles. The zero-order valence-electron chi connectivity index (χ0n) is 20.0. The maximum atomic E-state index is 12.6. The van der Waals surface area contributed by atoms with Crippen molar-refractivity contribution >= 4 is 57.8 Å². The number of hydrogen-bond donors (Lipinski definition) is 2. The summed E-state index contributed by atoms with van der Waals surface area (Å²) >= 11 is 18.3. The molecule has 0 spiro atoms. The van der Waals surface area contributed by atoms with Gasteiger partial charge in [0.25, 0.3) is 5.91 Å². The number of carbonyl (C=O) groups is 1. The molecular formula is C27H28Cl2N4O2S. The van der Waals surface area contributed by atoms with Crippen LogP contribution in [0.2, 0.25) is 10.0 Å². The number of nitrogens with one attached hydrogen (secondary N) is 2. The summed E-state index contributed by atoms with van der Waals surface area (Å²) in [7, 11) is 0. The fraction of sp³-hybridized carbons (Fsp3) is 0.259. The Balaban J connectivity index is 1.30. The zero-order chi connectivity index (χ0) is 25.5. The number of piperazine rings is 1. The normalized spacial score (nSPS) is 13.8. The molecule has 6 nitrogen and oxygen atoms in total. The molecule has 188 valence electrons. The van der Waals surface area contributed by atoms with E-state index >= 15 is 0 Å². The van der Waals surface area contributed by atoms with E-state index < -0.39 is 0 Å². The lowest BCUT2D eigenvalue weighted by Crippen LogP contribution is -2.46. The van der Waals surface area contributed by atoms with Crippen LogP contribution < -0.4 is 20.3 Å². The summed E-state index contributed by atoms with van der Waals surface area (Å²) in [4.78, 5) is 17.2. The van der Waals surface area contributed by atoms with Gasteiger partial charge in [-0.1, -0.05) is 47.5 Å². The van der Waals surface area contributed by atoms with Crippen LogP contribution in [0.3, 0.4) is 0 Å². The molecule has 0 aromatic heterocycles. The summed E-state index contributed by atoms with van der Waals surface area (Å²) in [5.74, 6) is 0.322. The van der Waals surface area contributed by atoms with E-state index in [0.717, 1.165) is 49.0 Å². The van der Waals surface area contributed by atoms with Crippen molar-refractivity contribution in [2.75, 3.05) is 43.0 Å². The van der Waals surface area contributed by atoms with Crippen molar-refractivity contribution < 1.29 is 9.53 Å². The van der Waals surface area contributed by atoms with Crippen LogP contribution in [-0.4, -0.2) is 48.7 Å². The minimum atomic E-state index is -0.313. The minimum Gasteiger partial charge on any atom is -0.494 e. The van der Waals surface area contributed by atoms with Gasteiger partial charge in [-0.25, -0.2) is 0 Å². The van der Waals surface area contributed by atoms with Crippen molar-refractivity contribution in [3.8, 4) is 5.75 Å². The number of ether oxygens (including phenoxy) is 1. The van der Waals surface area contributed by atoms with Crippen LogP contribution in [-0.2, 0) is 6.54 Å². The molecule has 1 saturated heterocycles. The lowest BCUT2D eigenvalue weighted by atomic mass is 10.2. The minimum absolute atomic E-state index is 0.193. The first kappa shape index (κ1) is 26.2. The monoisotopic (exact) mass is 542 g/mol. The second-order valence-corrected chi connectivity index (χ2v) is 9.61. The molecule has 9 heteroatoms. The summed E-state index contributed by atoms with van der Waals surface area (Å²) in [6.45, 7) is 6.83. The molecule has 0 saturated carbocycles. The van der Waals surface area contributed by atoms with Crippen LogP contribution in [0, 0.1) is 0 Å². The average Bonchev–Trinajstić information content (AvgIpc) is 2.86. The van der Waals surface area contributed by atoms with Crippen molar-refractivity contribution in [2.24, 2.45) is 0 Å². The molecule has 36 heavy (non-hydrogen) atoms. The molecule has 1 aliphatic heterocycles. The van der Waals surface area contributed by atoms with Gasteiger partial charge in [-0.2, -0.15) is 0 Å². The number of carbonyl (C=O) groups excluding carboxylic acids is 1. The van der Waals surface area contributed by atoms with Crippen molar-refractivity contribution in [1.29, 1.82) is 0 Å². The van der Waals surface area contributed by atoms with Crippen LogP contribution in [0.25, 0.3) is 0 Å². The Labute approximate surface area is 227 Å². The van der Waals surface area contributed by atoms with Crippen LogP contribution in [0.5, 0.6) is 5.75 Å². The summed E-state index contributed by atoms with van der Waals surface area (Å²) in [5, 5.41) is 7.36. The molecule has 1 fully saturated rings. The van der Waals surface area contributed by atoms with Crippen molar-refractivity contribution in [2.45, 2.75) is 13.5 Å². The Morgan fingerprint density at radius 2 is 1.75 bits per heavy atom. The SMILES string of the molecule is CCOc1cccc(C(=O)NC(=S)Nc2ccc(N3CCN(Cc4ccccc4Cl)CC3)c(Cl)c2)c1. The molecule has 0 atom stereocenters. The molecule has 0 aliphatic carbocycles. The summed E-state index contributed by atoms with van der Waals surface area (Å²) in [5.41, 5.74) is 3.29. The third-order valence-electron chi connectivity index (χ3n) is 5.90. The molecule has 4 rings (SSSR count). The van der Waals surface area contributed by atoms with E-state index in [2.05, 4.69) is 26.5 Å². The number of hydrogen-bond acceptors (Lipinski definition) is 5. The van der Waals surface area contributed by atoms with Crippen LogP contribution >= 0.6 is 35.4 Å². The summed E-state index contributed by atoms with van der Waals surface area (Å²) in [6, 6.07) is 20.6. The fourth-order valence-electron chi connectivity index (χ4n) is 4.09. The molecular weight excluding hydrogens is 515 g/mol. The predicted octanol–water partition coefficient (Wildman–Crippen LogP) is 5.84. The summed E-state index contributed by atoms with van der Waals surface area (Å²) in [6.07, 6.45) is 0. The average molecular weight is 544 g/mol. The molecule has 0 bridgehead atoms. The van der Waals surface area contributed by atoms with Gasteiger partial charge in [-0.05, 0) is 67.2 Å². The third-order valence-corrected chi connectivity index (χ3v) is 6.78. The van der Waals surface area contributed by atoms with E-state index in [1.165, 1.54) is 0 Å². The first-order valence-electron chi connectivity index (χ1n) is 11.8. The van der Waals surface area contributed by atoms with Crippen LogP contribution in [0.4, 0.5) is 11.4 Å². The molecule has 0 unspecified atom stereocenters. The smallest absolute Gasteiger partial charge is 0.257 e. The highest BCUT2D eigenvalue weighted by Gasteiger charge is 2.20. The fourth-order valence-corrected chi connectivity index (χ4v) is 4.79. The maximum Gasteiger partial charge on any atom is 0.257 e. The number of benzene rings is 3. The third kappa shape index (κ3) is 6.89. The Morgan fingerprint density at radius 1 is 0.972 bits per heavy atom. The highest BCUT2D eigenvalue weighted by atomic mass is 35.5. The van der Waals surface area contributed by atoms with Crippen LogP contribution in [0.15, 0.2) is 66.7 Å². The van der Waals surface area contributed by atoms with Crippen LogP contribution in [0.1, 0.15) is 22.8 Å². The van der Waals surface area contributed by atoms with Gasteiger partial charge >= 0.3 is 0 Å². The molecule has 0 radical (unpaired) electrons. The summed E-state index contributed by atoms with van der Waals surface area (Å²) < 4.78 is 5.45. The number of anilines is 2. The molecule has 1 aliphatic rings. The Morgan fingerprint density at radius 3 is 2.47 bits per heavy atom. The van der Waals surface area contributed by atoms with Gasteiger partial charge in [-0.3, -0.25) is 15.0 Å². The van der Waals surface area contributed by atoms with E-state index in [1.807, 2.05) is 43.3 Å². The first-order valence-corrected chi connectivity index (χ1v) is 12.9. The van der Waals surface area contributed by atoms with Gasteiger partial charge in [0, 0.05) is 49.0 Å². The highest BCUT2D eigenvalue weighted by Crippen LogP contribution is 2.30. The highest BCUT2D eigenvalue weighted by molar-refractivity contribution is 7.80. The molecule has 1 heterocycles. The van der Waals surface area contributed by atoms with Gasteiger partial charge in [0.15, 0.2) is 5.11 Å². The number of amides is 1. The Bertz CT molecular complexity index is 1230. The number of thiocarbonyl (C=S) groups is 1. The molecule has 2 N–H and O–H groups in total. The van der Waals surface area contributed by atoms with Gasteiger partial charge in [0.2, 0.25) is 0 Å². The second-order valence-electron chi connectivity index (χ2n) is 8.39. The Hall–Kier alpha value is -2.84. The lowest BCUT2D eigenvalue weighted by molar-refractivity contribution is 0.0977. The van der Waals surface area contributed by atoms with Crippen molar-refractivity contribution in [3.63, 3.8) is 0 Å². The predicted molar refractivity (Wildman–Crippen MR) is 152 cm³/mol. The molecule has 3 aromatic rings. The number of halogens is 2. The van der Waals surface area contributed by atoms with Gasteiger partial charge in [-0.15, -0.1) is 0 Å². The number of rotatable bonds is 7. The standard InChI is InChI=1S/C27H28Cl2N4O2S/c1-2-35-22-8-5-7-19(16-22)26(34)31-27(36)30-21-10-11-25(24(29)17-21)33-14-12-32(13-15-33)18-20-6-3-4-9-23(20)28/h3-11,16-17H,2,12-15,18H2,1H3,(H2,30,31,34,36). The van der Waals surface area contributed by atoms with Gasteiger partial charge in [0.1, 0.15) is 5.75 Å². The quantitative estimate of drug-likeness (QED) is 0.365. The topological polar surface area (TPSA) is 56.8 Å². The van der Waals surface area contributed by atoms with Gasteiger partial charge in [0.05, 0.1) is 17.3 Å². The van der Waals surface area contributed by atoms with E-state index in [4.69, 9.17) is 40.2 Å². The largest absolute Gasteiger partial charge is 0.494 e.